The highest BCUT2D eigenvalue weighted by Gasteiger charge is 2.25. The summed E-state index contributed by atoms with van der Waals surface area (Å²) in [4.78, 5) is 32.6. The fraction of sp³-hybridized carbons (Fsp3) is 0.381. The molecule has 1 aliphatic heterocycles. The Morgan fingerprint density at radius 1 is 1.10 bits per heavy atom. The van der Waals surface area contributed by atoms with Crippen LogP contribution in [0.3, 0.4) is 0 Å². The molecule has 1 aromatic heterocycles. The number of furan rings is 1. The predicted octanol–water partition coefficient (Wildman–Crippen LogP) is 1.99. The Bertz CT molecular complexity index is 838. The van der Waals surface area contributed by atoms with Gasteiger partial charge in [0.15, 0.2) is 11.7 Å². The lowest BCUT2D eigenvalue weighted by atomic mass is 10.1. The minimum atomic E-state index is -0.352. The summed E-state index contributed by atoms with van der Waals surface area (Å²) in [6.07, 6.45) is 1.51. The van der Waals surface area contributed by atoms with Crippen molar-refractivity contribution >= 4 is 17.8 Å². The quantitative estimate of drug-likeness (QED) is 0.471. The number of hydrogen-bond donors (Lipinski definition) is 1. The number of rotatable bonds is 5. The zero-order valence-corrected chi connectivity index (χ0v) is 16.8. The second-order valence-corrected chi connectivity index (χ2v) is 6.62. The van der Waals surface area contributed by atoms with Crippen molar-refractivity contribution in [2.45, 2.75) is 13.5 Å². The number of esters is 1. The number of amides is 1. The van der Waals surface area contributed by atoms with Crippen LogP contribution in [0.25, 0.3) is 0 Å². The molecule has 1 saturated heterocycles. The van der Waals surface area contributed by atoms with Gasteiger partial charge in [-0.2, -0.15) is 0 Å². The van der Waals surface area contributed by atoms with Crippen LogP contribution in [-0.2, 0) is 11.3 Å². The standard InChI is InChI=1S/C21H26N4O4/c1-3-22-21(23-15-16-6-8-17(9-7-16)20(27)28-2)25-12-10-24(11-13-25)19(26)18-5-4-14-29-18/h4-9,14H,3,10-13,15H2,1-2H3,(H,22,23). The van der Waals surface area contributed by atoms with Crippen LogP contribution in [-0.4, -0.2) is 67.5 Å². The van der Waals surface area contributed by atoms with Gasteiger partial charge in [-0.15, -0.1) is 0 Å². The Morgan fingerprint density at radius 3 is 2.38 bits per heavy atom. The van der Waals surface area contributed by atoms with E-state index in [1.165, 1.54) is 13.4 Å². The monoisotopic (exact) mass is 398 g/mol. The first-order chi connectivity index (χ1) is 14.1. The molecule has 0 saturated carbocycles. The number of nitrogens with zero attached hydrogens (tertiary/aromatic N) is 3. The van der Waals surface area contributed by atoms with E-state index in [2.05, 4.69) is 10.2 Å². The third-order valence-electron chi connectivity index (χ3n) is 4.72. The smallest absolute Gasteiger partial charge is 0.337 e. The Morgan fingerprint density at radius 2 is 1.79 bits per heavy atom. The number of carbonyl (C=O) groups is 2. The van der Waals surface area contributed by atoms with Crippen molar-refractivity contribution in [1.29, 1.82) is 0 Å². The van der Waals surface area contributed by atoms with Crippen LogP contribution in [0.2, 0.25) is 0 Å². The van der Waals surface area contributed by atoms with Gasteiger partial charge in [0.05, 0.1) is 25.5 Å². The molecule has 2 heterocycles. The molecule has 3 rings (SSSR count). The molecule has 1 aliphatic rings. The van der Waals surface area contributed by atoms with Gasteiger partial charge in [-0.05, 0) is 36.8 Å². The van der Waals surface area contributed by atoms with Gasteiger partial charge < -0.3 is 24.3 Å². The molecule has 0 spiro atoms. The number of carbonyl (C=O) groups excluding carboxylic acids is 2. The molecule has 0 aliphatic carbocycles. The largest absolute Gasteiger partial charge is 0.465 e. The second kappa shape index (κ2) is 9.77. The van der Waals surface area contributed by atoms with E-state index in [0.717, 1.165) is 18.1 Å². The van der Waals surface area contributed by atoms with Crippen LogP contribution in [0.15, 0.2) is 52.1 Å². The summed E-state index contributed by atoms with van der Waals surface area (Å²) in [7, 11) is 1.37. The van der Waals surface area contributed by atoms with Crippen LogP contribution in [0, 0.1) is 0 Å². The summed E-state index contributed by atoms with van der Waals surface area (Å²) >= 11 is 0. The van der Waals surface area contributed by atoms with Crippen LogP contribution >= 0.6 is 0 Å². The number of benzene rings is 1. The van der Waals surface area contributed by atoms with Gasteiger partial charge in [-0.1, -0.05) is 12.1 Å². The second-order valence-electron chi connectivity index (χ2n) is 6.62. The summed E-state index contributed by atoms with van der Waals surface area (Å²) in [5.74, 6) is 0.752. The van der Waals surface area contributed by atoms with Crippen molar-refractivity contribution in [3.63, 3.8) is 0 Å². The van der Waals surface area contributed by atoms with Crippen molar-refractivity contribution in [2.24, 2.45) is 4.99 Å². The van der Waals surface area contributed by atoms with Gasteiger partial charge in [-0.25, -0.2) is 9.79 Å². The maximum atomic E-state index is 12.4. The minimum absolute atomic E-state index is 0.0812. The van der Waals surface area contributed by atoms with E-state index in [-0.39, 0.29) is 11.9 Å². The molecule has 29 heavy (non-hydrogen) atoms. The Labute approximate surface area is 170 Å². The van der Waals surface area contributed by atoms with Crippen molar-refractivity contribution < 1.29 is 18.7 Å². The number of ether oxygens (including phenoxy) is 1. The molecular formula is C21H26N4O4. The highest BCUT2D eigenvalue weighted by molar-refractivity contribution is 5.91. The van der Waals surface area contributed by atoms with Crippen LogP contribution < -0.4 is 5.32 Å². The molecule has 1 fully saturated rings. The van der Waals surface area contributed by atoms with E-state index in [4.69, 9.17) is 14.1 Å². The molecule has 2 aromatic rings. The molecule has 1 N–H and O–H groups in total. The van der Waals surface area contributed by atoms with Gasteiger partial charge in [-0.3, -0.25) is 4.79 Å². The molecule has 0 bridgehead atoms. The molecule has 1 amide bonds. The van der Waals surface area contributed by atoms with E-state index >= 15 is 0 Å². The average molecular weight is 398 g/mol. The number of aliphatic imine (C=N–C) groups is 1. The van der Waals surface area contributed by atoms with Gasteiger partial charge in [0.25, 0.3) is 5.91 Å². The van der Waals surface area contributed by atoms with Gasteiger partial charge in [0.1, 0.15) is 0 Å². The Kier molecular flexibility index (Phi) is 6.89. The van der Waals surface area contributed by atoms with Crippen molar-refractivity contribution in [2.75, 3.05) is 39.8 Å². The van der Waals surface area contributed by atoms with Crippen molar-refractivity contribution in [3.05, 3.63) is 59.5 Å². The molecule has 0 radical (unpaired) electrons. The minimum Gasteiger partial charge on any atom is -0.465 e. The maximum absolute atomic E-state index is 12.4. The zero-order chi connectivity index (χ0) is 20.6. The van der Waals surface area contributed by atoms with Crippen LogP contribution in [0.4, 0.5) is 0 Å². The highest BCUT2D eigenvalue weighted by Crippen LogP contribution is 2.11. The molecular weight excluding hydrogens is 372 g/mol. The molecule has 0 unspecified atom stereocenters. The van der Waals surface area contributed by atoms with E-state index in [9.17, 15) is 9.59 Å². The first-order valence-electron chi connectivity index (χ1n) is 9.65. The average Bonchev–Trinajstić information content (AvgIpc) is 3.31. The number of piperazine rings is 1. The third-order valence-corrected chi connectivity index (χ3v) is 4.72. The number of methoxy groups -OCH3 is 1. The molecule has 154 valence electrons. The summed E-state index contributed by atoms with van der Waals surface area (Å²) in [5, 5.41) is 3.31. The van der Waals surface area contributed by atoms with E-state index in [1.807, 2.05) is 19.1 Å². The van der Waals surface area contributed by atoms with Crippen LogP contribution in [0.1, 0.15) is 33.4 Å². The Hall–Kier alpha value is -3.29. The van der Waals surface area contributed by atoms with Crippen molar-refractivity contribution in [3.8, 4) is 0 Å². The normalized spacial score (nSPS) is 14.6. The van der Waals surface area contributed by atoms with Gasteiger partial charge in [0.2, 0.25) is 0 Å². The first kappa shape index (κ1) is 20.4. The lowest BCUT2D eigenvalue weighted by Crippen LogP contribution is -2.53. The number of guanidine groups is 1. The molecule has 0 atom stereocenters. The Balaban J connectivity index is 1.59. The molecule has 1 aromatic carbocycles. The number of hydrogen-bond acceptors (Lipinski definition) is 5. The maximum Gasteiger partial charge on any atom is 0.337 e. The highest BCUT2D eigenvalue weighted by atomic mass is 16.5. The topological polar surface area (TPSA) is 87.4 Å². The summed E-state index contributed by atoms with van der Waals surface area (Å²) < 4.78 is 9.93. The predicted molar refractivity (Wildman–Crippen MR) is 109 cm³/mol. The van der Waals surface area contributed by atoms with E-state index in [0.29, 0.717) is 44.0 Å². The fourth-order valence-corrected chi connectivity index (χ4v) is 3.13. The van der Waals surface area contributed by atoms with Crippen molar-refractivity contribution in [1.82, 2.24) is 15.1 Å². The van der Waals surface area contributed by atoms with Gasteiger partial charge in [0, 0.05) is 32.7 Å². The lowest BCUT2D eigenvalue weighted by Gasteiger charge is -2.36. The summed E-state index contributed by atoms with van der Waals surface area (Å²) in [6.45, 7) is 5.88. The number of nitrogens with one attached hydrogen (secondary N) is 1. The first-order valence-corrected chi connectivity index (χ1v) is 9.65. The van der Waals surface area contributed by atoms with Gasteiger partial charge >= 0.3 is 5.97 Å². The molecule has 8 nitrogen and oxygen atoms in total. The zero-order valence-electron chi connectivity index (χ0n) is 16.8. The van der Waals surface area contributed by atoms with E-state index in [1.54, 1.807) is 29.2 Å². The molecule has 8 heteroatoms. The summed E-state index contributed by atoms with van der Waals surface area (Å²) in [6, 6.07) is 10.6. The third kappa shape index (κ3) is 5.16. The van der Waals surface area contributed by atoms with E-state index < -0.39 is 0 Å². The summed E-state index contributed by atoms with van der Waals surface area (Å²) in [5.41, 5.74) is 1.52. The van der Waals surface area contributed by atoms with Crippen LogP contribution in [0.5, 0.6) is 0 Å². The lowest BCUT2D eigenvalue weighted by molar-refractivity contribution is 0.0600. The SMILES string of the molecule is CCNC(=NCc1ccc(C(=O)OC)cc1)N1CCN(C(=O)c2ccco2)CC1. The fourth-order valence-electron chi connectivity index (χ4n) is 3.13.